The summed E-state index contributed by atoms with van der Waals surface area (Å²) in [5, 5.41) is 15.3. The third-order valence-corrected chi connectivity index (χ3v) is 2.47. The Morgan fingerprint density at radius 1 is 1.43 bits per heavy atom. The topological polar surface area (TPSA) is 61.4 Å². The zero-order valence-corrected chi connectivity index (χ0v) is 8.89. The highest BCUT2D eigenvalue weighted by molar-refractivity contribution is 9.10. The second-order valence-electron chi connectivity index (χ2n) is 3.07. The molecule has 3 N–H and O–H groups in total. The molecule has 0 saturated carbocycles. The van der Waals surface area contributed by atoms with E-state index in [0.29, 0.717) is 24.3 Å². The summed E-state index contributed by atoms with van der Waals surface area (Å²) in [4.78, 5) is 11.2. The van der Waals surface area contributed by atoms with Crippen LogP contribution in [0.1, 0.15) is 6.42 Å². The van der Waals surface area contributed by atoms with E-state index >= 15 is 0 Å². The molecule has 1 aromatic carbocycles. The van der Waals surface area contributed by atoms with Crippen molar-refractivity contribution in [3.05, 3.63) is 16.6 Å². The van der Waals surface area contributed by atoms with Crippen molar-refractivity contribution in [3.8, 4) is 5.75 Å². The number of amides is 1. The van der Waals surface area contributed by atoms with Crippen molar-refractivity contribution in [2.45, 2.75) is 6.42 Å². The second kappa shape index (κ2) is 3.49. The summed E-state index contributed by atoms with van der Waals surface area (Å²) in [6, 6.07) is 3.34. The zero-order chi connectivity index (χ0) is 10.1. The summed E-state index contributed by atoms with van der Waals surface area (Å²) >= 11 is 3.25. The molecular formula is C9H9BrN2O2. The number of anilines is 2. The lowest BCUT2D eigenvalue weighted by Gasteiger charge is -2.09. The zero-order valence-electron chi connectivity index (χ0n) is 7.30. The minimum Gasteiger partial charge on any atom is -0.506 e. The molecule has 0 radical (unpaired) electrons. The van der Waals surface area contributed by atoms with Gasteiger partial charge < -0.3 is 15.7 Å². The Hall–Kier alpha value is -1.23. The predicted molar refractivity (Wildman–Crippen MR) is 57.5 cm³/mol. The van der Waals surface area contributed by atoms with E-state index in [-0.39, 0.29) is 11.7 Å². The lowest BCUT2D eigenvalue weighted by molar-refractivity contribution is -0.115. The molecule has 74 valence electrons. The molecular weight excluding hydrogens is 248 g/mol. The molecule has 1 aromatic rings. The Morgan fingerprint density at radius 3 is 3.00 bits per heavy atom. The number of phenols is 1. The van der Waals surface area contributed by atoms with Gasteiger partial charge in [0.15, 0.2) is 0 Å². The van der Waals surface area contributed by atoms with Crippen LogP contribution in [0, 0.1) is 0 Å². The van der Waals surface area contributed by atoms with E-state index in [9.17, 15) is 9.90 Å². The molecule has 1 aliphatic rings. The molecule has 2 rings (SSSR count). The molecule has 0 unspecified atom stereocenters. The lowest BCUT2D eigenvalue weighted by atomic mass is 10.2. The average molecular weight is 257 g/mol. The first-order chi connectivity index (χ1) is 6.66. The number of aromatic hydroxyl groups is 1. The van der Waals surface area contributed by atoms with Gasteiger partial charge in [0.05, 0.1) is 5.69 Å². The molecule has 0 saturated heterocycles. The van der Waals surface area contributed by atoms with Gasteiger partial charge in [-0.2, -0.15) is 0 Å². The molecule has 0 aliphatic carbocycles. The number of hydrogen-bond donors (Lipinski definition) is 3. The maximum absolute atomic E-state index is 11.2. The SMILES string of the molecule is O=C1CCNc2c(O)cc(Br)cc2N1. The number of carbonyl (C=O) groups excluding carboxylic acids is 1. The molecule has 0 aromatic heterocycles. The molecule has 14 heavy (non-hydrogen) atoms. The number of phenolic OH excluding ortho intramolecular Hbond substituents is 1. The highest BCUT2D eigenvalue weighted by atomic mass is 79.9. The van der Waals surface area contributed by atoms with Crippen LogP contribution in [0.25, 0.3) is 0 Å². The molecule has 1 heterocycles. The number of carbonyl (C=O) groups is 1. The molecule has 0 atom stereocenters. The molecule has 1 amide bonds. The van der Waals surface area contributed by atoms with Crippen molar-refractivity contribution in [1.82, 2.24) is 0 Å². The normalized spacial score (nSPS) is 15.1. The smallest absolute Gasteiger partial charge is 0.226 e. The number of benzene rings is 1. The van der Waals surface area contributed by atoms with E-state index < -0.39 is 0 Å². The van der Waals surface area contributed by atoms with Gasteiger partial charge in [0.25, 0.3) is 0 Å². The van der Waals surface area contributed by atoms with Crippen LogP contribution >= 0.6 is 15.9 Å². The summed E-state index contributed by atoms with van der Waals surface area (Å²) in [5.74, 6) is 0.0883. The van der Waals surface area contributed by atoms with E-state index in [0.717, 1.165) is 4.47 Å². The summed E-state index contributed by atoms with van der Waals surface area (Å²) < 4.78 is 0.734. The molecule has 4 nitrogen and oxygen atoms in total. The third kappa shape index (κ3) is 1.68. The van der Waals surface area contributed by atoms with Gasteiger partial charge in [0.1, 0.15) is 11.4 Å². The second-order valence-corrected chi connectivity index (χ2v) is 3.99. The van der Waals surface area contributed by atoms with Crippen LogP contribution in [-0.2, 0) is 4.79 Å². The van der Waals surface area contributed by atoms with E-state index in [1.165, 1.54) is 0 Å². The molecule has 0 fully saturated rings. The third-order valence-electron chi connectivity index (χ3n) is 2.01. The van der Waals surface area contributed by atoms with Gasteiger partial charge in [-0.3, -0.25) is 4.79 Å². The maximum Gasteiger partial charge on any atom is 0.226 e. The lowest BCUT2D eigenvalue weighted by Crippen LogP contribution is -2.10. The largest absolute Gasteiger partial charge is 0.506 e. The van der Waals surface area contributed by atoms with Crippen LogP contribution in [0.5, 0.6) is 5.75 Å². The quantitative estimate of drug-likeness (QED) is 0.622. The van der Waals surface area contributed by atoms with Crippen molar-refractivity contribution in [2.75, 3.05) is 17.2 Å². The van der Waals surface area contributed by atoms with Crippen molar-refractivity contribution < 1.29 is 9.90 Å². The van der Waals surface area contributed by atoms with Crippen molar-refractivity contribution in [3.63, 3.8) is 0 Å². The van der Waals surface area contributed by atoms with Crippen LogP contribution in [0.15, 0.2) is 16.6 Å². The Morgan fingerprint density at radius 2 is 2.21 bits per heavy atom. The van der Waals surface area contributed by atoms with Gasteiger partial charge >= 0.3 is 0 Å². The fourth-order valence-corrected chi connectivity index (χ4v) is 1.84. The average Bonchev–Trinajstić information content (AvgIpc) is 2.25. The van der Waals surface area contributed by atoms with Crippen LogP contribution in [0.2, 0.25) is 0 Å². The Labute approximate surface area is 89.4 Å². The van der Waals surface area contributed by atoms with E-state index in [1.807, 2.05) is 0 Å². The first-order valence-corrected chi connectivity index (χ1v) is 5.02. The van der Waals surface area contributed by atoms with Gasteiger partial charge in [-0.1, -0.05) is 15.9 Å². The Bertz CT molecular complexity index is 393. The summed E-state index contributed by atoms with van der Waals surface area (Å²) in [6.45, 7) is 0.536. The van der Waals surface area contributed by atoms with Crippen LogP contribution in [-0.4, -0.2) is 17.6 Å². The van der Waals surface area contributed by atoms with Gasteiger partial charge in [0, 0.05) is 17.4 Å². The van der Waals surface area contributed by atoms with Crippen LogP contribution in [0.4, 0.5) is 11.4 Å². The van der Waals surface area contributed by atoms with E-state index in [2.05, 4.69) is 26.6 Å². The molecule has 5 heteroatoms. The van der Waals surface area contributed by atoms with Gasteiger partial charge in [-0.15, -0.1) is 0 Å². The predicted octanol–water partition coefficient (Wildman–Crippen LogP) is 1.91. The fraction of sp³-hybridized carbons (Fsp3) is 0.222. The number of fused-ring (bicyclic) bond motifs is 1. The Balaban J connectivity index is 2.50. The minimum atomic E-state index is -0.0475. The standard InChI is InChI=1S/C9H9BrN2O2/c10-5-3-6-9(7(13)4-5)11-2-1-8(14)12-6/h3-4,11,13H,1-2H2,(H,12,14). The van der Waals surface area contributed by atoms with E-state index in [1.54, 1.807) is 12.1 Å². The van der Waals surface area contributed by atoms with Gasteiger partial charge in [0.2, 0.25) is 5.91 Å². The van der Waals surface area contributed by atoms with E-state index in [4.69, 9.17) is 0 Å². The van der Waals surface area contributed by atoms with Gasteiger partial charge in [-0.05, 0) is 12.1 Å². The van der Waals surface area contributed by atoms with Crippen molar-refractivity contribution >= 4 is 33.2 Å². The number of hydrogen-bond acceptors (Lipinski definition) is 3. The molecule has 1 aliphatic heterocycles. The highest BCUT2D eigenvalue weighted by Crippen LogP contribution is 2.36. The fourth-order valence-electron chi connectivity index (χ4n) is 1.39. The van der Waals surface area contributed by atoms with Crippen LogP contribution < -0.4 is 10.6 Å². The summed E-state index contributed by atoms with van der Waals surface area (Å²) in [5.41, 5.74) is 1.19. The maximum atomic E-state index is 11.2. The molecule has 0 bridgehead atoms. The summed E-state index contributed by atoms with van der Waals surface area (Å²) in [7, 11) is 0. The Kier molecular flexibility index (Phi) is 2.33. The first kappa shape index (κ1) is 9.33. The number of halogens is 1. The number of nitrogens with one attached hydrogen (secondary N) is 2. The van der Waals surface area contributed by atoms with Crippen molar-refractivity contribution in [1.29, 1.82) is 0 Å². The molecule has 0 spiro atoms. The first-order valence-electron chi connectivity index (χ1n) is 4.23. The monoisotopic (exact) mass is 256 g/mol. The van der Waals surface area contributed by atoms with Crippen LogP contribution in [0.3, 0.4) is 0 Å². The summed E-state index contributed by atoms with van der Waals surface area (Å²) in [6.07, 6.45) is 0.408. The minimum absolute atomic E-state index is 0.0475. The van der Waals surface area contributed by atoms with Gasteiger partial charge in [-0.25, -0.2) is 0 Å². The van der Waals surface area contributed by atoms with Crippen molar-refractivity contribution in [2.24, 2.45) is 0 Å². The highest BCUT2D eigenvalue weighted by Gasteiger charge is 2.15. The number of rotatable bonds is 0.